The Kier molecular flexibility index (Phi) is 5.02. The molecule has 2 aromatic rings. The number of hydrogen-bond acceptors (Lipinski definition) is 7. The zero-order valence-electron chi connectivity index (χ0n) is 16.8. The highest BCUT2D eigenvalue weighted by molar-refractivity contribution is 5.64. The number of nitrogens with zero attached hydrogens (tertiary/aromatic N) is 4. The van der Waals surface area contributed by atoms with Gasteiger partial charge in [-0.15, -0.1) is 0 Å². The van der Waals surface area contributed by atoms with E-state index in [9.17, 15) is 8.78 Å². The van der Waals surface area contributed by atoms with Crippen molar-refractivity contribution in [2.24, 2.45) is 11.8 Å². The van der Waals surface area contributed by atoms with Crippen LogP contribution >= 0.6 is 0 Å². The average Bonchev–Trinajstić information content (AvgIpc) is 3.11. The number of ether oxygens (including phenoxy) is 2. The summed E-state index contributed by atoms with van der Waals surface area (Å²) in [6.07, 6.45) is 3.35. The summed E-state index contributed by atoms with van der Waals surface area (Å²) in [4.78, 5) is 15.9. The zero-order chi connectivity index (χ0) is 20.8. The van der Waals surface area contributed by atoms with Gasteiger partial charge in [-0.3, -0.25) is 4.90 Å². The Bertz CT molecular complexity index is 926. The van der Waals surface area contributed by atoms with Crippen molar-refractivity contribution in [3.8, 4) is 17.0 Å². The van der Waals surface area contributed by atoms with E-state index in [1.165, 1.54) is 12.3 Å². The molecule has 0 radical (unpaired) electrons. The molecule has 160 valence electrons. The van der Waals surface area contributed by atoms with Gasteiger partial charge in [-0.2, -0.15) is 8.78 Å². The van der Waals surface area contributed by atoms with Gasteiger partial charge in [-0.05, 0) is 30.4 Å². The first-order chi connectivity index (χ1) is 14.5. The average molecular weight is 417 g/mol. The standard InChI is InChI=1S/C21H25F2N5O2/c1-2-18-26-15(11-5-17(30-21(22)23)20(24)25-7-11)6-16(27-18)19-13-8-28(9-14(13)19)12-3-4-29-10-12/h5-7,12-14,19,21H,2-4,8-10H2,1H3,(H2,24,25)/t12?,13-,14+,19+. The van der Waals surface area contributed by atoms with Crippen molar-refractivity contribution >= 4 is 5.82 Å². The number of hydrogen-bond donors (Lipinski definition) is 1. The summed E-state index contributed by atoms with van der Waals surface area (Å²) in [6.45, 7) is 2.91. The normalized spacial score (nSPS) is 28.1. The molecule has 2 aromatic heterocycles. The first-order valence-corrected chi connectivity index (χ1v) is 10.4. The Morgan fingerprint density at radius 3 is 2.73 bits per heavy atom. The monoisotopic (exact) mass is 417 g/mol. The Morgan fingerprint density at radius 2 is 2.07 bits per heavy atom. The SMILES string of the molecule is CCc1nc(-c2cnc(N)c(OC(F)F)c2)cc([C@H]2[C@@H]3CN(C4CCOC4)C[C@@H]32)n1. The van der Waals surface area contributed by atoms with Gasteiger partial charge < -0.3 is 15.2 Å². The van der Waals surface area contributed by atoms with Gasteiger partial charge >= 0.3 is 6.61 Å². The van der Waals surface area contributed by atoms with Gasteiger partial charge in [-0.1, -0.05) is 6.92 Å². The molecule has 30 heavy (non-hydrogen) atoms. The van der Waals surface area contributed by atoms with Gasteiger partial charge in [0, 0.05) is 55.5 Å². The van der Waals surface area contributed by atoms with Gasteiger partial charge in [0.2, 0.25) is 0 Å². The minimum Gasteiger partial charge on any atom is -0.431 e. The molecular formula is C21H25F2N5O2. The van der Waals surface area contributed by atoms with Gasteiger partial charge in [0.25, 0.3) is 0 Å². The van der Waals surface area contributed by atoms with Crippen molar-refractivity contribution in [3.63, 3.8) is 0 Å². The van der Waals surface area contributed by atoms with Crippen LogP contribution in [-0.2, 0) is 11.2 Å². The van der Waals surface area contributed by atoms with E-state index in [1.807, 2.05) is 13.0 Å². The maximum atomic E-state index is 12.7. The number of piperidine rings is 1. The molecule has 1 saturated carbocycles. The number of alkyl halides is 2. The second-order valence-electron chi connectivity index (χ2n) is 8.26. The number of aryl methyl sites for hydroxylation is 1. The molecule has 2 N–H and O–H groups in total. The van der Waals surface area contributed by atoms with E-state index in [1.54, 1.807) is 0 Å². The topological polar surface area (TPSA) is 86.4 Å². The van der Waals surface area contributed by atoms with E-state index in [-0.39, 0.29) is 11.6 Å². The largest absolute Gasteiger partial charge is 0.431 e. The smallest absolute Gasteiger partial charge is 0.387 e. The van der Waals surface area contributed by atoms with E-state index in [0.717, 1.165) is 44.2 Å². The van der Waals surface area contributed by atoms with Gasteiger partial charge in [0.15, 0.2) is 11.6 Å². The molecule has 0 aromatic carbocycles. The fourth-order valence-corrected chi connectivity index (χ4v) is 4.89. The summed E-state index contributed by atoms with van der Waals surface area (Å²) >= 11 is 0. The van der Waals surface area contributed by atoms with Crippen LogP contribution in [0.1, 0.15) is 30.8 Å². The van der Waals surface area contributed by atoms with Gasteiger partial charge in [0.1, 0.15) is 5.82 Å². The van der Waals surface area contributed by atoms with Crippen LogP contribution in [0, 0.1) is 11.8 Å². The number of likely N-dealkylation sites (tertiary alicyclic amines) is 1. The molecule has 2 saturated heterocycles. The lowest BCUT2D eigenvalue weighted by molar-refractivity contribution is -0.0494. The molecule has 2 aliphatic heterocycles. The summed E-state index contributed by atoms with van der Waals surface area (Å²) in [6, 6.07) is 3.99. The van der Waals surface area contributed by atoms with Gasteiger partial charge in [-0.25, -0.2) is 15.0 Å². The third-order valence-corrected chi connectivity index (χ3v) is 6.49. The van der Waals surface area contributed by atoms with Crippen molar-refractivity contribution < 1.29 is 18.3 Å². The summed E-state index contributed by atoms with van der Waals surface area (Å²) in [7, 11) is 0. The molecule has 9 heteroatoms. The van der Waals surface area contributed by atoms with Crippen molar-refractivity contribution in [1.82, 2.24) is 19.9 Å². The number of aromatic nitrogens is 3. The van der Waals surface area contributed by atoms with E-state index in [2.05, 4.69) is 19.6 Å². The second-order valence-corrected chi connectivity index (χ2v) is 8.26. The minimum absolute atomic E-state index is 0.0725. The molecule has 4 heterocycles. The molecule has 1 aliphatic carbocycles. The van der Waals surface area contributed by atoms with Crippen LogP contribution in [0.15, 0.2) is 18.3 Å². The Morgan fingerprint density at radius 1 is 1.27 bits per heavy atom. The van der Waals surface area contributed by atoms with E-state index in [4.69, 9.17) is 15.5 Å². The van der Waals surface area contributed by atoms with Crippen molar-refractivity contribution in [2.75, 3.05) is 32.0 Å². The van der Waals surface area contributed by atoms with Crippen LogP contribution in [0.2, 0.25) is 0 Å². The lowest BCUT2D eigenvalue weighted by atomic mass is 10.1. The van der Waals surface area contributed by atoms with Crippen molar-refractivity contribution in [3.05, 3.63) is 29.8 Å². The Hall–Kier alpha value is -2.39. The summed E-state index contributed by atoms with van der Waals surface area (Å²) in [5.74, 6) is 2.17. The zero-order valence-corrected chi connectivity index (χ0v) is 16.8. The highest BCUT2D eigenvalue weighted by atomic mass is 19.3. The van der Waals surface area contributed by atoms with E-state index in [0.29, 0.717) is 41.5 Å². The van der Waals surface area contributed by atoms with E-state index < -0.39 is 6.61 Å². The van der Waals surface area contributed by atoms with E-state index >= 15 is 0 Å². The molecule has 3 aliphatic rings. The number of nitrogen functional groups attached to an aromatic ring is 1. The minimum atomic E-state index is -2.96. The molecule has 0 spiro atoms. The fourth-order valence-electron chi connectivity index (χ4n) is 4.89. The summed E-state index contributed by atoms with van der Waals surface area (Å²) < 4.78 is 35.4. The predicted molar refractivity (Wildman–Crippen MR) is 106 cm³/mol. The molecular weight excluding hydrogens is 392 g/mol. The number of rotatable bonds is 6. The molecule has 7 nitrogen and oxygen atoms in total. The Labute approximate surface area is 173 Å². The molecule has 4 atom stereocenters. The highest BCUT2D eigenvalue weighted by Gasteiger charge is 2.58. The lowest BCUT2D eigenvalue weighted by Gasteiger charge is -2.25. The quantitative estimate of drug-likeness (QED) is 0.773. The van der Waals surface area contributed by atoms with Crippen LogP contribution in [0.4, 0.5) is 14.6 Å². The predicted octanol–water partition coefficient (Wildman–Crippen LogP) is 2.72. The molecule has 3 fully saturated rings. The molecule has 0 bridgehead atoms. The molecule has 5 rings (SSSR count). The van der Waals surface area contributed by atoms with Crippen LogP contribution in [0.5, 0.6) is 5.75 Å². The highest BCUT2D eigenvalue weighted by Crippen LogP contribution is 2.58. The van der Waals surface area contributed by atoms with Crippen molar-refractivity contribution in [1.29, 1.82) is 0 Å². The number of halogens is 2. The van der Waals surface area contributed by atoms with Crippen LogP contribution < -0.4 is 10.5 Å². The maximum absolute atomic E-state index is 12.7. The van der Waals surface area contributed by atoms with Crippen molar-refractivity contribution in [2.45, 2.75) is 38.3 Å². The maximum Gasteiger partial charge on any atom is 0.387 e. The first kappa shape index (κ1) is 19.6. The molecule has 1 unspecified atom stereocenters. The van der Waals surface area contributed by atoms with Gasteiger partial charge in [0.05, 0.1) is 12.3 Å². The second kappa shape index (κ2) is 7.70. The van der Waals surface area contributed by atoms with Crippen LogP contribution in [0.25, 0.3) is 11.3 Å². The van der Waals surface area contributed by atoms with Crippen LogP contribution in [-0.4, -0.2) is 58.8 Å². The Balaban J connectivity index is 1.38. The lowest BCUT2D eigenvalue weighted by Crippen LogP contribution is -2.35. The molecule has 0 amide bonds. The third kappa shape index (κ3) is 3.60. The number of fused-ring (bicyclic) bond motifs is 1. The number of nitrogens with two attached hydrogens (primary N) is 1. The number of pyridine rings is 1. The number of anilines is 1. The first-order valence-electron chi connectivity index (χ1n) is 10.4. The third-order valence-electron chi connectivity index (χ3n) is 6.49. The summed E-state index contributed by atoms with van der Waals surface area (Å²) in [5, 5.41) is 0. The van der Waals surface area contributed by atoms with Crippen LogP contribution in [0.3, 0.4) is 0 Å². The summed E-state index contributed by atoms with van der Waals surface area (Å²) in [5.41, 5.74) is 7.95. The fraction of sp³-hybridized carbons (Fsp3) is 0.571.